The predicted octanol–water partition coefficient (Wildman–Crippen LogP) is 6.14. The average Bonchev–Trinajstić information content (AvgIpc) is 3.31. The number of anilines is 1. The number of benzene rings is 2. The van der Waals surface area contributed by atoms with Crippen molar-refractivity contribution in [3.8, 4) is 28.5 Å². The van der Waals surface area contributed by atoms with Gasteiger partial charge in [-0.1, -0.05) is 32.6 Å². The largest absolute Gasteiger partial charge is 0.494 e. The van der Waals surface area contributed by atoms with Crippen LogP contribution in [0.5, 0.6) is 17.2 Å². The van der Waals surface area contributed by atoms with Crippen LogP contribution in [-0.2, 0) is 0 Å². The monoisotopic (exact) mass is 467 g/mol. The number of carbonyl (C=O) groups is 1. The van der Waals surface area contributed by atoms with Gasteiger partial charge in [-0.2, -0.15) is 0 Å². The third-order valence-electron chi connectivity index (χ3n) is 5.17. The Morgan fingerprint density at radius 3 is 2.32 bits per heavy atom. The van der Waals surface area contributed by atoms with E-state index >= 15 is 0 Å². The van der Waals surface area contributed by atoms with Crippen LogP contribution < -0.4 is 19.5 Å². The molecule has 0 aliphatic heterocycles. The van der Waals surface area contributed by atoms with Crippen molar-refractivity contribution < 1.29 is 23.6 Å². The Bertz CT molecular complexity index is 1030. The number of carbonyl (C=O) groups excluding carboxylic acids is 1. The summed E-state index contributed by atoms with van der Waals surface area (Å²) in [6.07, 6.45) is 5.93. The van der Waals surface area contributed by atoms with Crippen molar-refractivity contribution in [2.75, 3.05) is 25.1 Å². The predicted molar refractivity (Wildman–Crippen MR) is 131 cm³/mol. The molecule has 8 heteroatoms. The van der Waals surface area contributed by atoms with Gasteiger partial charge in [-0.3, -0.25) is 4.79 Å². The van der Waals surface area contributed by atoms with E-state index in [4.69, 9.17) is 18.8 Å². The molecule has 2 aromatic carbocycles. The second-order valence-corrected chi connectivity index (χ2v) is 7.73. The molecule has 0 aliphatic rings. The molecule has 0 atom stereocenters. The minimum atomic E-state index is -0.320. The summed E-state index contributed by atoms with van der Waals surface area (Å²) in [4.78, 5) is 12.8. The summed E-state index contributed by atoms with van der Waals surface area (Å²) in [6.45, 7) is 7.70. The van der Waals surface area contributed by atoms with Crippen LogP contribution in [0.4, 0.5) is 5.82 Å². The summed E-state index contributed by atoms with van der Waals surface area (Å²) >= 11 is 0. The van der Waals surface area contributed by atoms with Gasteiger partial charge in [-0.25, -0.2) is 4.63 Å². The van der Waals surface area contributed by atoms with Crippen LogP contribution in [0.3, 0.4) is 0 Å². The topological polar surface area (TPSA) is 95.7 Å². The first-order valence-corrected chi connectivity index (χ1v) is 11.9. The second-order valence-electron chi connectivity index (χ2n) is 7.73. The zero-order valence-corrected chi connectivity index (χ0v) is 20.1. The lowest BCUT2D eigenvalue weighted by molar-refractivity contribution is 0.102. The highest BCUT2D eigenvalue weighted by atomic mass is 16.6. The first-order chi connectivity index (χ1) is 16.7. The van der Waals surface area contributed by atoms with Gasteiger partial charge in [-0.05, 0) is 73.0 Å². The van der Waals surface area contributed by atoms with Crippen molar-refractivity contribution in [1.82, 2.24) is 10.3 Å². The smallest absolute Gasteiger partial charge is 0.256 e. The van der Waals surface area contributed by atoms with Crippen LogP contribution in [0, 0.1) is 0 Å². The van der Waals surface area contributed by atoms with Gasteiger partial charge in [0.1, 0.15) is 5.75 Å². The summed E-state index contributed by atoms with van der Waals surface area (Å²) in [5, 5.41) is 10.6. The van der Waals surface area contributed by atoms with E-state index in [2.05, 4.69) is 22.6 Å². The van der Waals surface area contributed by atoms with Gasteiger partial charge in [0.2, 0.25) is 5.82 Å². The normalized spacial score (nSPS) is 10.7. The number of ether oxygens (including phenoxy) is 3. The SMILES string of the molecule is CCCCCCCOc1ccc(C(=O)Nc2nonc2-c2ccc(OCC)c(OCC)c2)cc1. The minimum absolute atomic E-state index is 0.226. The summed E-state index contributed by atoms with van der Waals surface area (Å²) in [6, 6.07) is 12.4. The molecule has 3 aromatic rings. The van der Waals surface area contributed by atoms with E-state index in [1.807, 2.05) is 19.9 Å². The van der Waals surface area contributed by atoms with E-state index < -0.39 is 0 Å². The Morgan fingerprint density at radius 2 is 1.59 bits per heavy atom. The molecule has 3 rings (SSSR count). The Kier molecular flexibility index (Phi) is 9.76. The summed E-state index contributed by atoms with van der Waals surface area (Å²) in [5.41, 5.74) is 1.57. The van der Waals surface area contributed by atoms with Crippen LogP contribution in [0.15, 0.2) is 47.1 Å². The van der Waals surface area contributed by atoms with Gasteiger partial charge in [0, 0.05) is 11.1 Å². The van der Waals surface area contributed by atoms with Crippen LogP contribution >= 0.6 is 0 Å². The summed E-state index contributed by atoms with van der Waals surface area (Å²) in [5.74, 6) is 1.87. The van der Waals surface area contributed by atoms with E-state index in [-0.39, 0.29) is 11.7 Å². The number of aromatic nitrogens is 2. The van der Waals surface area contributed by atoms with E-state index in [9.17, 15) is 4.79 Å². The maximum Gasteiger partial charge on any atom is 0.256 e. The quantitative estimate of drug-likeness (QED) is 0.285. The molecule has 182 valence electrons. The van der Waals surface area contributed by atoms with E-state index in [1.54, 1.807) is 36.4 Å². The van der Waals surface area contributed by atoms with Crippen molar-refractivity contribution in [3.63, 3.8) is 0 Å². The zero-order valence-electron chi connectivity index (χ0n) is 20.1. The molecule has 0 bridgehead atoms. The second kappa shape index (κ2) is 13.2. The lowest BCUT2D eigenvalue weighted by Crippen LogP contribution is -2.12. The standard InChI is InChI=1S/C26H33N3O5/c1-4-7-8-9-10-17-33-21-14-11-19(12-15-21)26(30)27-25-24(28-34-29-25)20-13-16-22(31-5-2)23(18-20)32-6-3/h11-16,18H,4-10,17H2,1-3H3,(H,27,29,30). The van der Waals surface area contributed by atoms with E-state index in [1.165, 1.54) is 25.7 Å². The van der Waals surface area contributed by atoms with Gasteiger partial charge < -0.3 is 19.5 Å². The number of unbranched alkanes of at least 4 members (excludes halogenated alkanes) is 4. The highest BCUT2D eigenvalue weighted by Gasteiger charge is 2.18. The average molecular weight is 468 g/mol. The molecular formula is C26H33N3O5. The number of nitrogens with one attached hydrogen (secondary N) is 1. The molecular weight excluding hydrogens is 434 g/mol. The molecule has 0 aliphatic carbocycles. The third-order valence-corrected chi connectivity index (χ3v) is 5.17. The lowest BCUT2D eigenvalue weighted by atomic mass is 10.1. The van der Waals surface area contributed by atoms with Crippen molar-refractivity contribution in [2.24, 2.45) is 0 Å². The molecule has 0 fully saturated rings. The van der Waals surface area contributed by atoms with Gasteiger partial charge in [0.25, 0.3) is 5.91 Å². The highest BCUT2D eigenvalue weighted by Crippen LogP contribution is 2.34. The molecule has 0 radical (unpaired) electrons. The highest BCUT2D eigenvalue weighted by molar-refractivity contribution is 6.05. The Labute approximate surface area is 200 Å². The van der Waals surface area contributed by atoms with Crippen molar-refractivity contribution in [2.45, 2.75) is 52.9 Å². The Balaban J connectivity index is 1.63. The molecule has 0 unspecified atom stereocenters. The number of amides is 1. The van der Waals surface area contributed by atoms with Crippen LogP contribution in [-0.4, -0.2) is 36.0 Å². The van der Waals surface area contributed by atoms with Gasteiger partial charge >= 0.3 is 0 Å². The molecule has 0 saturated carbocycles. The molecule has 8 nitrogen and oxygen atoms in total. The molecule has 0 saturated heterocycles. The van der Waals surface area contributed by atoms with Crippen molar-refractivity contribution in [1.29, 1.82) is 0 Å². The number of hydrogen-bond donors (Lipinski definition) is 1. The molecule has 1 N–H and O–H groups in total. The number of nitrogens with zero attached hydrogens (tertiary/aromatic N) is 2. The van der Waals surface area contributed by atoms with Crippen molar-refractivity contribution in [3.05, 3.63) is 48.0 Å². The van der Waals surface area contributed by atoms with Crippen LogP contribution in [0.2, 0.25) is 0 Å². The zero-order chi connectivity index (χ0) is 24.2. The van der Waals surface area contributed by atoms with Crippen molar-refractivity contribution >= 4 is 11.7 Å². The van der Waals surface area contributed by atoms with Gasteiger partial charge in [0.05, 0.1) is 19.8 Å². The van der Waals surface area contributed by atoms with Crippen LogP contribution in [0.1, 0.15) is 63.2 Å². The van der Waals surface area contributed by atoms with E-state index in [0.29, 0.717) is 48.1 Å². The maximum absolute atomic E-state index is 12.8. The molecule has 1 amide bonds. The third kappa shape index (κ3) is 6.97. The molecule has 34 heavy (non-hydrogen) atoms. The fourth-order valence-corrected chi connectivity index (χ4v) is 3.44. The summed E-state index contributed by atoms with van der Waals surface area (Å²) < 4.78 is 22.0. The minimum Gasteiger partial charge on any atom is -0.494 e. The first-order valence-electron chi connectivity index (χ1n) is 11.9. The first kappa shape index (κ1) is 25.1. The molecule has 0 spiro atoms. The Hall–Kier alpha value is -3.55. The maximum atomic E-state index is 12.8. The lowest BCUT2D eigenvalue weighted by Gasteiger charge is -2.12. The fourth-order valence-electron chi connectivity index (χ4n) is 3.44. The van der Waals surface area contributed by atoms with Gasteiger partial charge in [-0.15, -0.1) is 0 Å². The fraction of sp³-hybridized carbons (Fsp3) is 0.423. The molecule has 1 heterocycles. The number of rotatable bonds is 14. The Morgan fingerprint density at radius 1 is 0.853 bits per heavy atom. The summed E-state index contributed by atoms with van der Waals surface area (Å²) in [7, 11) is 0. The molecule has 1 aromatic heterocycles. The van der Waals surface area contributed by atoms with Gasteiger partial charge in [0.15, 0.2) is 17.2 Å². The van der Waals surface area contributed by atoms with E-state index in [0.717, 1.165) is 12.2 Å². The number of hydrogen-bond acceptors (Lipinski definition) is 7. The van der Waals surface area contributed by atoms with Crippen LogP contribution in [0.25, 0.3) is 11.3 Å².